The molecule has 6 nitrogen and oxygen atoms in total. The second-order valence-corrected chi connectivity index (χ2v) is 6.80. The van der Waals surface area contributed by atoms with Crippen molar-refractivity contribution in [1.82, 2.24) is 15.0 Å². The van der Waals surface area contributed by atoms with E-state index in [0.29, 0.717) is 18.1 Å². The minimum Gasteiger partial charge on any atom is -0.444 e. The third kappa shape index (κ3) is 6.49. The topological polar surface area (TPSA) is 84.2 Å². The van der Waals surface area contributed by atoms with Crippen molar-refractivity contribution in [3.05, 3.63) is 17.8 Å². The van der Waals surface area contributed by atoms with E-state index in [9.17, 15) is 8.42 Å². The molecule has 7 heteroatoms. The van der Waals surface area contributed by atoms with Crippen molar-refractivity contribution in [3.8, 4) is 0 Å². The second kappa shape index (κ2) is 8.39. The Bertz CT molecular complexity index is 485. The van der Waals surface area contributed by atoms with Crippen LogP contribution >= 0.6 is 0 Å². The normalized spacial score (nSPS) is 13.6. The molecule has 20 heavy (non-hydrogen) atoms. The van der Waals surface area contributed by atoms with E-state index in [0.717, 1.165) is 25.9 Å². The molecule has 0 amide bonds. The fourth-order valence-electron chi connectivity index (χ4n) is 1.79. The van der Waals surface area contributed by atoms with Crippen LogP contribution in [0.4, 0.5) is 0 Å². The first kappa shape index (κ1) is 17.1. The molecule has 2 N–H and O–H groups in total. The van der Waals surface area contributed by atoms with Crippen LogP contribution in [0, 0.1) is 6.92 Å². The van der Waals surface area contributed by atoms with Crippen molar-refractivity contribution >= 4 is 10.0 Å². The van der Waals surface area contributed by atoms with Gasteiger partial charge in [-0.05, 0) is 46.2 Å². The monoisotopic (exact) mass is 303 g/mol. The molecule has 0 saturated carbocycles. The van der Waals surface area contributed by atoms with Crippen molar-refractivity contribution in [2.45, 2.75) is 46.1 Å². The second-order valence-electron chi connectivity index (χ2n) is 4.92. The third-order valence-electron chi connectivity index (χ3n) is 2.81. The van der Waals surface area contributed by atoms with Gasteiger partial charge in [-0.1, -0.05) is 6.92 Å². The lowest BCUT2D eigenvalue weighted by Gasteiger charge is -2.11. The summed E-state index contributed by atoms with van der Waals surface area (Å²) in [5.74, 6) is 1.20. The number of hydrogen-bond donors (Lipinski definition) is 2. The Morgan fingerprint density at radius 1 is 1.35 bits per heavy atom. The summed E-state index contributed by atoms with van der Waals surface area (Å²) >= 11 is 0. The van der Waals surface area contributed by atoms with E-state index < -0.39 is 16.1 Å². The fourth-order valence-corrected chi connectivity index (χ4v) is 3.14. The van der Waals surface area contributed by atoms with E-state index in [2.05, 4.69) is 21.9 Å². The van der Waals surface area contributed by atoms with Crippen molar-refractivity contribution in [1.29, 1.82) is 0 Å². The summed E-state index contributed by atoms with van der Waals surface area (Å²) in [5.41, 5.74) is 0. The van der Waals surface area contributed by atoms with Crippen molar-refractivity contribution in [2.75, 3.05) is 18.8 Å². The fraction of sp³-hybridized carbons (Fsp3) is 0.769. The van der Waals surface area contributed by atoms with Crippen molar-refractivity contribution < 1.29 is 12.8 Å². The minimum absolute atomic E-state index is 0.130. The van der Waals surface area contributed by atoms with Crippen LogP contribution in [0.3, 0.4) is 0 Å². The number of hydrogen-bond acceptors (Lipinski definition) is 5. The summed E-state index contributed by atoms with van der Waals surface area (Å²) in [6.07, 6.45) is 4.17. The lowest BCUT2D eigenvalue weighted by molar-refractivity contribution is 0.427. The molecule has 116 valence electrons. The average molecular weight is 303 g/mol. The molecule has 0 aromatic carbocycles. The summed E-state index contributed by atoms with van der Waals surface area (Å²) in [4.78, 5) is 4.03. The minimum atomic E-state index is -3.29. The number of rotatable bonds is 10. The van der Waals surface area contributed by atoms with Gasteiger partial charge in [-0.3, -0.25) is 0 Å². The van der Waals surface area contributed by atoms with E-state index in [1.807, 2.05) is 0 Å². The summed E-state index contributed by atoms with van der Waals surface area (Å²) in [6, 6.07) is -0.438. The predicted octanol–water partition coefficient (Wildman–Crippen LogP) is 1.74. The maximum Gasteiger partial charge on any atom is 0.212 e. The van der Waals surface area contributed by atoms with E-state index in [1.54, 1.807) is 20.0 Å². The first-order valence-electron chi connectivity index (χ1n) is 7.07. The summed E-state index contributed by atoms with van der Waals surface area (Å²) < 4.78 is 31.7. The number of nitrogens with zero attached hydrogens (tertiary/aromatic N) is 1. The molecule has 0 aliphatic carbocycles. The van der Waals surface area contributed by atoms with Gasteiger partial charge < -0.3 is 9.73 Å². The largest absolute Gasteiger partial charge is 0.444 e. The molecular weight excluding hydrogens is 278 g/mol. The zero-order valence-corrected chi connectivity index (χ0v) is 13.3. The number of aromatic nitrogens is 1. The van der Waals surface area contributed by atoms with Crippen LogP contribution < -0.4 is 10.0 Å². The van der Waals surface area contributed by atoms with Gasteiger partial charge in [0.15, 0.2) is 0 Å². The summed E-state index contributed by atoms with van der Waals surface area (Å²) in [5, 5.41) is 3.25. The van der Waals surface area contributed by atoms with Crippen molar-refractivity contribution in [2.24, 2.45) is 0 Å². The van der Waals surface area contributed by atoms with Gasteiger partial charge in [0.2, 0.25) is 15.9 Å². The number of unbranched alkanes of at least 4 members (excludes halogenated alkanes) is 1. The Kier molecular flexibility index (Phi) is 7.18. The molecule has 0 bridgehead atoms. The quantitative estimate of drug-likeness (QED) is 0.643. The van der Waals surface area contributed by atoms with E-state index in [4.69, 9.17) is 4.42 Å². The first-order valence-corrected chi connectivity index (χ1v) is 8.73. The molecule has 1 rings (SSSR count). The molecule has 0 spiro atoms. The third-order valence-corrected chi connectivity index (χ3v) is 4.35. The van der Waals surface area contributed by atoms with Gasteiger partial charge in [-0.15, -0.1) is 0 Å². The zero-order valence-electron chi connectivity index (χ0n) is 12.5. The Hall–Kier alpha value is -0.920. The molecule has 0 aliphatic rings. The maximum atomic E-state index is 11.9. The Morgan fingerprint density at radius 2 is 2.10 bits per heavy atom. The summed E-state index contributed by atoms with van der Waals surface area (Å²) in [7, 11) is -3.29. The molecule has 1 aromatic rings. The molecule has 0 aliphatic heterocycles. The van der Waals surface area contributed by atoms with E-state index >= 15 is 0 Å². The molecule has 0 radical (unpaired) electrons. The smallest absolute Gasteiger partial charge is 0.212 e. The van der Waals surface area contributed by atoms with Gasteiger partial charge in [-0.25, -0.2) is 18.1 Å². The zero-order chi connectivity index (χ0) is 15.0. The van der Waals surface area contributed by atoms with Crippen LogP contribution in [0.25, 0.3) is 0 Å². The van der Waals surface area contributed by atoms with Gasteiger partial charge in [0.1, 0.15) is 5.76 Å². The number of aryl methyl sites for hydroxylation is 1. The number of oxazole rings is 1. The lowest BCUT2D eigenvalue weighted by Crippen LogP contribution is -2.29. The Labute approximate surface area is 121 Å². The highest BCUT2D eigenvalue weighted by Crippen LogP contribution is 2.13. The number of sulfonamides is 1. The van der Waals surface area contributed by atoms with Crippen LogP contribution in [0.1, 0.15) is 50.8 Å². The molecule has 0 saturated heterocycles. The highest BCUT2D eigenvalue weighted by atomic mass is 32.2. The van der Waals surface area contributed by atoms with Gasteiger partial charge in [-0.2, -0.15) is 0 Å². The molecule has 0 fully saturated rings. The first-order chi connectivity index (χ1) is 9.44. The van der Waals surface area contributed by atoms with Gasteiger partial charge in [0.25, 0.3) is 0 Å². The van der Waals surface area contributed by atoms with Gasteiger partial charge >= 0.3 is 0 Å². The van der Waals surface area contributed by atoms with Crippen molar-refractivity contribution in [3.63, 3.8) is 0 Å². The van der Waals surface area contributed by atoms with Crippen LogP contribution in [-0.4, -0.2) is 32.2 Å². The molecule has 1 aromatic heterocycles. The van der Waals surface area contributed by atoms with E-state index in [-0.39, 0.29) is 5.75 Å². The molecular formula is C13H25N3O3S. The van der Waals surface area contributed by atoms with Crippen LogP contribution in [-0.2, 0) is 10.0 Å². The van der Waals surface area contributed by atoms with Gasteiger partial charge in [0.05, 0.1) is 18.0 Å². The Balaban J connectivity index is 2.30. The van der Waals surface area contributed by atoms with E-state index in [1.165, 1.54) is 0 Å². The lowest BCUT2D eigenvalue weighted by atomic mass is 10.3. The average Bonchev–Trinajstić information content (AvgIpc) is 2.80. The SMILES string of the molecule is CCCNCCCCS(=O)(=O)NC(C)c1ncc(C)o1. The highest BCUT2D eigenvalue weighted by molar-refractivity contribution is 7.89. The molecule has 1 heterocycles. The van der Waals surface area contributed by atoms with Crippen LogP contribution in [0.15, 0.2) is 10.6 Å². The van der Waals surface area contributed by atoms with Gasteiger partial charge in [0, 0.05) is 0 Å². The van der Waals surface area contributed by atoms with Crippen LogP contribution in [0.2, 0.25) is 0 Å². The molecule has 1 atom stereocenters. The Morgan fingerprint density at radius 3 is 2.70 bits per heavy atom. The maximum absolute atomic E-state index is 11.9. The molecule has 1 unspecified atom stereocenters. The van der Waals surface area contributed by atoms with Crippen LogP contribution in [0.5, 0.6) is 0 Å². The summed E-state index contributed by atoms with van der Waals surface area (Å²) in [6.45, 7) is 7.45. The number of nitrogens with one attached hydrogen (secondary N) is 2. The standard InChI is InChI=1S/C13H25N3O3S/c1-4-7-14-8-5-6-9-20(17,18)16-12(3)13-15-10-11(2)19-13/h10,12,14,16H,4-9H2,1-3H3. The highest BCUT2D eigenvalue weighted by Gasteiger charge is 2.18. The predicted molar refractivity (Wildman–Crippen MR) is 79.0 cm³/mol.